The first-order valence-electron chi connectivity index (χ1n) is 5.58. The van der Waals surface area contributed by atoms with Crippen molar-refractivity contribution in [2.75, 3.05) is 13.2 Å². The van der Waals surface area contributed by atoms with Crippen molar-refractivity contribution in [3.8, 4) is 0 Å². The molecule has 1 rings (SSSR count). The maximum Gasteiger partial charge on any atom is 0.218 e. The summed E-state index contributed by atoms with van der Waals surface area (Å²) in [5.41, 5.74) is -1.00. The quantitative estimate of drug-likeness (QED) is 0.519. The van der Waals surface area contributed by atoms with Crippen molar-refractivity contribution in [1.29, 1.82) is 0 Å². The second-order valence-electron chi connectivity index (χ2n) is 5.65. The molecule has 16 heavy (non-hydrogen) atoms. The molecule has 1 aliphatic rings. The van der Waals surface area contributed by atoms with Gasteiger partial charge in [-0.25, -0.2) is 5.32 Å². The van der Waals surface area contributed by atoms with Gasteiger partial charge in [0, 0.05) is 13.8 Å². The summed E-state index contributed by atoms with van der Waals surface area (Å²) in [4.78, 5) is 0. The molecule has 0 radical (unpaired) electrons. The average Bonchev–Trinajstić information content (AvgIpc) is 2.37. The summed E-state index contributed by atoms with van der Waals surface area (Å²) in [5, 5.41) is 24.2. The SMILES string of the molecule is CC(C)(C)OC([O-])[O+]1C[C@H](CO)NC1(C)C. The summed E-state index contributed by atoms with van der Waals surface area (Å²) < 4.78 is 7.96. The summed E-state index contributed by atoms with van der Waals surface area (Å²) >= 11 is 0. The predicted molar refractivity (Wildman–Crippen MR) is 58.7 cm³/mol. The minimum Gasteiger partial charge on any atom is -0.763 e. The molecule has 1 aliphatic heterocycles. The first-order valence-corrected chi connectivity index (χ1v) is 5.58. The van der Waals surface area contributed by atoms with Crippen molar-refractivity contribution in [2.45, 2.75) is 58.5 Å². The van der Waals surface area contributed by atoms with Crippen molar-refractivity contribution in [2.24, 2.45) is 0 Å². The molecule has 0 aliphatic carbocycles. The third kappa shape index (κ3) is 3.40. The first-order chi connectivity index (χ1) is 7.15. The van der Waals surface area contributed by atoms with Crippen molar-refractivity contribution in [1.82, 2.24) is 5.32 Å². The van der Waals surface area contributed by atoms with Crippen LogP contribution in [-0.4, -0.2) is 42.2 Å². The molecule has 0 aromatic heterocycles. The highest BCUT2D eigenvalue weighted by atomic mass is 16.9. The summed E-state index contributed by atoms with van der Waals surface area (Å²) in [6, 6.07) is -0.0972. The smallest absolute Gasteiger partial charge is 0.218 e. The van der Waals surface area contributed by atoms with E-state index >= 15 is 0 Å². The molecule has 96 valence electrons. The van der Waals surface area contributed by atoms with E-state index in [4.69, 9.17) is 9.84 Å². The Hall–Kier alpha value is -0.200. The van der Waals surface area contributed by atoms with E-state index in [0.717, 1.165) is 0 Å². The van der Waals surface area contributed by atoms with Crippen LogP contribution >= 0.6 is 0 Å². The van der Waals surface area contributed by atoms with Gasteiger partial charge < -0.3 is 19.3 Å². The Kier molecular flexibility index (Phi) is 3.97. The molecule has 5 nitrogen and oxygen atoms in total. The largest absolute Gasteiger partial charge is 0.763 e. The fraction of sp³-hybridized carbons (Fsp3) is 1.00. The van der Waals surface area contributed by atoms with Crippen LogP contribution in [0.5, 0.6) is 0 Å². The van der Waals surface area contributed by atoms with Crippen LogP contribution in [0.3, 0.4) is 0 Å². The van der Waals surface area contributed by atoms with Gasteiger partial charge in [0.25, 0.3) is 0 Å². The number of ether oxygens (including phenoxy) is 1. The molecule has 0 spiro atoms. The molecule has 0 aromatic carbocycles. The Labute approximate surface area is 97.1 Å². The maximum absolute atomic E-state index is 12.0. The van der Waals surface area contributed by atoms with Crippen LogP contribution in [0, 0.1) is 0 Å². The van der Waals surface area contributed by atoms with Gasteiger partial charge in [0.1, 0.15) is 6.04 Å². The number of hydrogen-bond acceptors (Lipinski definition) is 4. The molecular formula is C11H23NO4. The zero-order chi connectivity index (χ0) is 12.6. The number of nitrogens with one attached hydrogen (secondary N) is 1. The van der Waals surface area contributed by atoms with Gasteiger partial charge in [-0.3, -0.25) is 0 Å². The molecule has 1 unspecified atom stereocenters. The lowest BCUT2D eigenvalue weighted by atomic mass is 10.2. The van der Waals surface area contributed by atoms with E-state index in [0.29, 0.717) is 6.61 Å². The molecule has 1 fully saturated rings. The van der Waals surface area contributed by atoms with Gasteiger partial charge in [-0.2, -0.15) is 0 Å². The number of hydrogen-bond donors (Lipinski definition) is 2. The zero-order valence-electron chi connectivity index (χ0n) is 10.7. The lowest BCUT2D eigenvalue weighted by Gasteiger charge is -2.39. The molecule has 0 aromatic rings. The molecule has 2 N–H and O–H groups in total. The highest BCUT2D eigenvalue weighted by Crippen LogP contribution is 2.28. The lowest BCUT2D eigenvalue weighted by molar-refractivity contribution is -0.630. The monoisotopic (exact) mass is 233 g/mol. The van der Waals surface area contributed by atoms with Crippen LogP contribution in [0.25, 0.3) is 0 Å². The highest BCUT2D eigenvalue weighted by molar-refractivity contribution is 4.85. The molecule has 5 heteroatoms. The fourth-order valence-electron chi connectivity index (χ4n) is 1.80. The summed E-state index contributed by atoms with van der Waals surface area (Å²) in [6.45, 7) is 8.44. The van der Waals surface area contributed by atoms with Gasteiger partial charge in [0.05, 0.1) is 12.2 Å². The lowest BCUT2D eigenvalue weighted by Crippen LogP contribution is -2.53. The maximum atomic E-state index is 12.0. The minimum absolute atomic E-state index is 0.00910. The molecule has 0 bridgehead atoms. The van der Waals surface area contributed by atoms with Gasteiger partial charge in [0.2, 0.25) is 12.2 Å². The second kappa shape index (κ2) is 4.58. The van der Waals surface area contributed by atoms with Gasteiger partial charge in [-0.05, 0) is 20.8 Å². The topological polar surface area (TPSA) is 67.2 Å². The number of rotatable bonds is 3. The Morgan fingerprint density at radius 1 is 1.56 bits per heavy atom. The van der Waals surface area contributed by atoms with E-state index < -0.39 is 17.8 Å². The summed E-state index contributed by atoms with van der Waals surface area (Å²) in [5.74, 6) is 0. The molecule has 0 saturated carbocycles. The Morgan fingerprint density at radius 3 is 2.50 bits per heavy atom. The Bertz CT molecular complexity index is 237. The average molecular weight is 233 g/mol. The minimum atomic E-state index is -1.29. The van der Waals surface area contributed by atoms with Crippen LogP contribution in [0.1, 0.15) is 34.6 Å². The van der Waals surface area contributed by atoms with Crippen molar-refractivity contribution < 1.29 is 19.3 Å². The molecule has 1 saturated heterocycles. The van der Waals surface area contributed by atoms with E-state index in [1.54, 1.807) is 0 Å². The van der Waals surface area contributed by atoms with Gasteiger partial charge in [-0.15, -0.1) is 0 Å². The van der Waals surface area contributed by atoms with E-state index in [2.05, 4.69) is 9.68 Å². The van der Waals surface area contributed by atoms with E-state index in [-0.39, 0.29) is 12.6 Å². The van der Waals surface area contributed by atoms with Crippen molar-refractivity contribution in [3.63, 3.8) is 0 Å². The summed E-state index contributed by atoms with van der Waals surface area (Å²) in [6.07, 6.45) is 0. The third-order valence-corrected chi connectivity index (χ3v) is 2.49. The molecule has 2 atom stereocenters. The fourth-order valence-corrected chi connectivity index (χ4v) is 1.80. The molecule has 1 heterocycles. The Morgan fingerprint density at radius 2 is 2.12 bits per heavy atom. The highest BCUT2D eigenvalue weighted by Gasteiger charge is 2.45. The van der Waals surface area contributed by atoms with Crippen LogP contribution in [0.4, 0.5) is 0 Å². The summed E-state index contributed by atoms with van der Waals surface area (Å²) in [7, 11) is 0. The van der Waals surface area contributed by atoms with Crippen LogP contribution < -0.4 is 10.4 Å². The number of aliphatic hydroxyl groups excluding tert-OH is 1. The van der Waals surface area contributed by atoms with E-state index in [9.17, 15) is 5.11 Å². The standard InChI is InChI=1S/C11H23NO4/c1-10(2,3)15-9(14)16-7-8(6-13)12-11(16,4)5/h8-9,12-13H,6-7H2,1-5H3/t8-,9?/m0/s1. The normalized spacial score (nSPS) is 28.3. The molecular weight excluding hydrogens is 210 g/mol. The zero-order valence-corrected chi connectivity index (χ0v) is 10.7. The van der Waals surface area contributed by atoms with E-state index in [1.807, 2.05) is 34.6 Å². The second-order valence-corrected chi connectivity index (χ2v) is 5.65. The Balaban J connectivity index is 2.65. The van der Waals surface area contributed by atoms with Crippen LogP contribution in [0.2, 0.25) is 0 Å². The molecule has 0 amide bonds. The van der Waals surface area contributed by atoms with Crippen molar-refractivity contribution >= 4 is 0 Å². The van der Waals surface area contributed by atoms with Gasteiger partial charge >= 0.3 is 0 Å². The van der Waals surface area contributed by atoms with Crippen molar-refractivity contribution in [3.05, 3.63) is 0 Å². The third-order valence-electron chi connectivity index (χ3n) is 2.49. The van der Waals surface area contributed by atoms with Gasteiger partial charge in [0.15, 0.2) is 6.61 Å². The van der Waals surface area contributed by atoms with E-state index in [1.165, 1.54) is 0 Å². The van der Waals surface area contributed by atoms with Crippen LogP contribution in [-0.2, 0) is 9.10 Å². The first kappa shape index (κ1) is 13.9. The predicted octanol–water partition coefficient (Wildman–Crippen LogP) is -0.302. The number of aliphatic hydroxyl groups is 1. The van der Waals surface area contributed by atoms with Gasteiger partial charge in [-0.1, -0.05) is 0 Å². The van der Waals surface area contributed by atoms with Crippen LogP contribution in [0.15, 0.2) is 0 Å².